The standard InChI is InChI=1S/C14H22N4/c15-13-12(14(16)18-17-13)6-11-9-2-7-1-8(4-9)5-10(11)3-7/h7-11H,1-6H2,(H5,15,16,17,18). The number of aromatic nitrogens is 2. The van der Waals surface area contributed by atoms with Crippen LogP contribution >= 0.6 is 0 Å². The van der Waals surface area contributed by atoms with E-state index in [0.29, 0.717) is 11.6 Å². The smallest absolute Gasteiger partial charge is 0.150 e. The summed E-state index contributed by atoms with van der Waals surface area (Å²) in [7, 11) is 0. The molecule has 4 saturated carbocycles. The average Bonchev–Trinajstić information content (AvgIpc) is 2.64. The quantitative estimate of drug-likeness (QED) is 0.748. The molecule has 4 nitrogen and oxygen atoms in total. The normalized spacial score (nSPS) is 41.4. The third kappa shape index (κ3) is 1.47. The lowest BCUT2D eigenvalue weighted by atomic mass is 9.51. The predicted molar refractivity (Wildman–Crippen MR) is 71.7 cm³/mol. The number of H-pyrrole nitrogens is 1. The van der Waals surface area contributed by atoms with Crippen LogP contribution in [-0.4, -0.2) is 10.2 Å². The van der Waals surface area contributed by atoms with E-state index >= 15 is 0 Å². The zero-order valence-electron chi connectivity index (χ0n) is 10.7. The van der Waals surface area contributed by atoms with Crippen LogP contribution < -0.4 is 11.5 Å². The molecule has 0 atom stereocenters. The number of aromatic amines is 1. The van der Waals surface area contributed by atoms with Gasteiger partial charge in [-0.05, 0) is 68.1 Å². The van der Waals surface area contributed by atoms with Crippen LogP contribution in [0, 0.1) is 29.6 Å². The van der Waals surface area contributed by atoms with Crippen molar-refractivity contribution < 1.29 is 0 Å². The topological polar surface area (TPSA) is 80.7 Å². The molecule has 0 saturated heterocycles. The first-order valence-electron chi connectivity index (χ1n) is 7.29. The SMILES string of the molecule is Nc1n[nH]c(N)c1CC1C2CC3CC(C2)CC1C3. The van der Waals surface area contributed by atoms with Crippen LogP contribution in [0.1, 0.15) is 37.7 Å². The molecule has 0 spiro atoms. The van der Waals surface area contributed by atoms with Gasteiger partial charge in [0.1, 0.15) is 5.82 Å². The highest BCUT2D eigenvalue weighted by Gasteiger charge is 2.48. The maximum atomic E-state index is 5.95. The molecule has 4 bridgehead atoms. The van der Waals surface area contributed by atoms with E-state index in [1.54, 1.807) is 0 Å². The lowest BCUT2D eigenvalue weighted by Crippen LogP contribution is -2.45. The Balaban J connectivity index is 1.59. The molecule has 5 rings (SSSR count). The maximum Gasteiger partial charge on any atom is 0.150 e. The number of nitrogen functional groups attached to an aromatic ring is 2. The van der Waals surface area contributed by atoms with Crippen molar-refractivity contribution in [1.82, 2.24) is 10.2 Å². The summed E-state index contributed by atoms with van der Waals surface area (Å²) in [5.74, 6) is 6.01. The molecular formula is C14H22N4. The van der Waals surface area contributed by atoms with E-state index in [0.717, 1.165) is 41.6 Å². The van der Waals surface area contributed by atoms with Crippen LogP contribution in [0.5, 0.6) is 0 Å². The van der Waals surface area contributed by atoms with Gasteiger partial charge in [0.2, 0.25) is 0 Å². The van der Waals surface area contributed by atoms with Crippen molar-refractivity contribution in [3.8, 4) is 0 Å². The second-order valence-corrected chi connectivity index (χ2v) is 6.80. The molecule has 0 aliphatic heterocycles. The Morgan fingerprint density at radius 2 is 1.61 bits per heavy atom. The second-order valence-electron chi connectivity index (χ2n) is 6.80. The van der Waals surface area contributed by atoms with E-state index in [9.17, 15) is 0 Å². The average molecular weight is 246 g/mol. The predicted octanol–water partition coefficient (Wildman–Crippen LogP) is 2.19. The van der Waals surface area contributed by atoms with Crippen molar-refractivity contribution >= 4 is 11.6 Å². The molecule has 1 aromatic rings. The second kappa shape index (κ2) is 3.65. The van der Waals surface area contributed by atoms with E-state index in [2.05, 4.69) is 10.2 Å². The van der Waals surface area contributed by atoms with Crippen molar-refractivity contribution in [3.05, 3.63) is 5.56 Å². The molecule has 0 unspecified atom stereocenters. The molecule has 1 aromatic heterocycles. The minimum atomic E-state index is 0.612. The summed E-state index contributed by atoms with van der Waals surface area (Å²) >= 11 is 0. The van der Waals surface area contributed by atoms with E-state index < -0.39 is 0 Å². The molecule has 0 amide bonds. The van der Waals surface area contributed by atoms with Crippen molar-refractivity contribution in [1.29, 1.82) is 0 Å². The van der Waals surface area contributed by atoms with Gasteiger partial charge in [-0.3, -0.25) is 5.10 Å². The molecule has 0 aromatic carbocycles. The van der Waals surface area contributed by atoms with Crippen LogP contribution in [0.2, 0.25) is 0 Å². The molecule has 98 valence electrons. The molecule has 4 aliphatic rings. The van der Waals surface area contributed by atoms with Crippen LogP contribution in [0.15, 0.2) is 0 Å². The van der Waals surface area contributed by atoms with E-state index in [1.807, 2.05) is 0 Å². The summed E-state index contributed by atoms with van der Waals surface area (Å²) in [6, 6.07) is 0. The highest BCUT2D eigenvalue weighted by atomic mass is 15.2. The highest BCUT2D eigenvalue weighted by molar-refractivity contribution is 5.53. The first-order chi connectivity index (χ1) is 8.70. The summed E-state index contributed by atoms with van der Waals surface area (Å²) in [6.07, 6.45) is 8.37. The molecule has 0 radical (unpaired) electrons. The largest absolute Gasteiger partial charge is 0.384 e. The van der Waals surface area contributed by atoms with Gasteiger partial charge in [-0.15, -0.1) is 0 Å². The number of nitrogens with two attached hydrogens (primary N) is 2. The fourth-order valence-electron chi connectivity index (χ4n) is 5.21. The van der Waals surface area contributed by atoms with Gasteiger partial charge in [-0.1, -0.05) is 0 Å². The van der Waals surface area contributed by atoms with Gasteiger partial charge in [0.25, 0.3) is 0 Å². The molecule has 5 N–H and O–H groups in total. The first-order valence-corrected chi connectivity index (χ1v) is 7.29. The number of rotatable bonds is 2. The van der Waals surface area contributed by atoms with Gasteiger partial charge in [-0.2, -0.15) is 5.10 Å². The molecule has 4 fully saturated rings. The Kier molecular flexibility index (Phi) is 2.17. The van der Waals surface area contributed by atoms with Gasteiger partial charge >= 0.3 is 0 Å². The molecule has 4 heteroatoms. The Morgan fingerprint density at radius 1 is 1.00 bits per heavy atom. The lowest BCUT2D eigenvalue weighted by Gasteiger charge is -2.54. The van der Waals surface area contributed by atoms with Crippen LogP contribution in [0.4, 0.5) is 11.6 Å². The van der Waals surface area contributed by atoms with Crippen molar-refractivity contribution in [2.45, 2.75) is 38.5 Å². The molecule has 4 aliphatic carbocycles. The number of nitrogens with one attached hydrogen (secondary N) is 1. The molecule has 1 heterocycles. The molecule has 18 heavy (non-hydrogen) atoms. The van der Waals surface area contributed by atoms with Gasteiger partial charge in [0, 0.05) is 5.56 Å². The van der Waals surface area contributed by atoms with E-state index in [1.165, 1.54) is 32.1 Å². The van der Waals surface area contributed by atoms with Crippen LogP contribution in [0.25, 0.3) is 0 Å². The fourth-order valence-corrected chi connectivity index (χ4v) is 5.21. The van der Waals surface area contributed by atoms with E-state index in [-0.39, 0.29) is 0 Å². The summed E-state index contributed by atoms with van der Waals surface area (Å²) in [6.45, 7) is 0. The van der Waals surface area contributed by atoms with Crippen molar-refractivity contribution in [3.63, 3.8) is 0 Å². The Hall–Kier alpha value is -1.19. The number of nitrogens with zero attached hydrogens (tertiary/aromatic N) is 1. The highest BCUT2D eigenvalue weighted by Crippen LogP contribution is 2.57. The third-order valence-electron chi connectivity index (χ3n) is 5.79. The number of hydrogen-bond donors (Lipinski definition) is 3. The zero-order valence-corrected chi connectivity index (χ0v) is 10.7. The van der Waals surface area contributed by atoms with Gasteiger partial charge in [-0.25, -0.2) is 0 Å². The van der Waals surface area contributed by atoms with Crippen LogP contribution in [-0.2, 0) is 6.42 Å². The van der Waals surface area contributed by atoms with Gasteiger partial charge in [0.05, 0.1) is 0 Å². The van der Waals surface area contributed by atoms with Crippen LogP contribution in [0.3, 0.4) is 0 Å². The Labute approximate surface area is 108 Å². The monoisotopic (exact) mass is 246 g/mol. The summed E-state index contributed by atoms with van der Waals surface area (Å²) in [5.41, 5.74) is 12.9. The Bertz CT molecular complexity index is 417. The first kappa shape index (κ1) is 10.7. The third-order valence-corrected chi connectivity index (χ3v) is 5.79. The summed E-state index contributed by atoms with van der Waals surface area (Å²) in [5, 5.41) is 6.84. The Morgan fingerprint density at radius 3 is 2.11 bits per heavy atom. The van der Waals surface area contributed by atoms with Crippen molar-refractivity contribution in [2.75, 3.05) is 11.5 Å². The number of anilines is 2. The van der Waals surface area contributed by atoms with E-state index in [4.69, 9.17) is 11.5 Å². The lowest BCUT2D eigenvalue weighted by molar-refractivity contribution is -0.0358. The fraction of sp³-hybridized carbons (Fsp3) is 0.786. The summed E-state index contributed by atoms with van der Waals surface area (Å²) in [4.78, 5) is 0. The van der Waals surface area contributed by atoms with Gasteiger partial charge in [0.15, 0.2) is 5.82 Å². The minimum Gasteiger partial charge on any atom is -0.384 e. The molecular weight excluding hydrogens is 224 g/mol. The maximum absolute atomic E-state index is 5.95. The number of hydrogen-bond acceptors (Lipinski definition) is 3. The minimum absolute atomic E-state index is 0.612. The van der Waals surface area contributed by atoms with Crippen molar-refractivity contribution in [2.24, 2.45) is 29.6 Å². The zero-order chi connectivity index (χ0) is 12.3. The summed E-state index contributed by atoms with van der Waals surface area (Å²) < 4.78 is 0. The van der Waals surface area contributed by atoms with Gasteiger partial charge < -0.3 is 11.5 Å².